The average Bonchev–Trinajstić information content (AvgIpc) is 2.78. The lowest BCUT2D eigenvalue weighted by Crippen LogP contribution is -2.44. The second-order valence-electron chi connectivity index (χ2n) is 7.28. The van der Waals surface area contributed by atoms with Gasteiger partial charge in [0.25, 0.3) is 10.0 Å². The van der Waals surface area contributed by atoms with Crippen molar-refractivity contribution in [2.45, 2.75) is 33.2 Å². The highest BCUT2D eigenvalue weighted by Gasteiger charge is 2.34. The zero-order valence-corrected chi connectivity index (χ0v) is 17.8. The summed E-state index contributed by atoms with van der Waals surface area (Å²) < 4.78 is 29.5. The van der Waals surface area contributed by atoms with Gasteiger partial charge in [0.2, 0.25) is 0 Å². The van der Waals surface area contributed by atoms with Crippen molar-refractivity contribution < 1.29 is 13.2 Å². The Morgan fingerprint density at radius 2 is 1.82 bits per heavy atom. The molecule has 2 amide bonds. The van der Waals surface area contributed by atoms with E-state index in [0.29, 0.717) is 48.2 Å². The van der Waals surface area contributed by atoms with Gasteiger partial charge in [-0.25, -0.2) is 4.79 Å². The van der Waals surface area contributed by atoms with Crippen molar-refractivity contribution in [3.05, 3.63) is 40.4 Å². The fourth-order valence-corrected chi connectivity index (χ4v) is 5.06. The smallest absolute Gasteiger partial charge is 0.317 e. The molecule has 1 N–H and O–H groups in total. The van der Waals surface area contributed by atoms with Crippen LogP contribution in [0.25, 0.3) is 4.91 Å². The number of nitrogens with zero attached hydrogens (tertiary/aromatic N) is 3. The molecule has 0 unspecified atom stereocenters. The summed E-state index contributed by atoms with van der Waals surface area (Å²) in [5.74, 6) is 0.469. The van der Waals surface area contributed by atoms with E-state index in [1.807, 2.05) is 18.7 Å². The molecule has 1 aromatic rings. The first kappa shape index (κ1) is 20.7. The van der Waals surface area contributed by atoms with Gasteiger partial charge in [-0.05, 0) is 44.9 Å². The van der Waals surface area contributed by atoms with Crippen molar-refractivity contribution in [3.8, 4) is 0 Å². The molecule has 0 spiro atoms. The average molecular weight is 425 g/mol. The molecule has 7 nitrogen and oxygen atoms in total. The molecule has 9 heteroatoms. The molecule has 3 rings (SSSR count). The molecule has 152 valence electrons. The Hall–Kier alpha value is -2.06. The summed E-state index contributed by atoms with van der Waals surface area (Å²) in [5, 5.41) is 3.45. The second kappa shape index (κ2) is 8.13. The molecule has 0 aromatic heterocycles. The van der Waals surface area contributed by atoms with Gasteiger partial charge in [-0.2, -0.15) is 8.42 Å². The number of amidine groups is 1. The fraction of sp³-hybridized carbons (Fsp3) is 0.474. The van der Waals surface area contributed by atoms with Gasteiger partial charge in [0.1, 0.15) is 10.7 Å². The number of urea groups is 1. The Morgan fingerprint density at radius 3 is 2.46 bits per heavy atom. The number of amides is 2. The molecule has 1 aromatic carbocycles. The highest BCUT2D eigenvalue weighted by Crippen LogP contribution is 2.34. The largest absolute Gasteiger partial charge is 0.354 e. The Kier molecular flexibility index (Phi) is 6.00. The van der Waals surface area contributed by atoms with E-state index in [1.165, 1.54) is 0 Å². The fourth-order valence-electron chi connectivity index (χ4n) is 3.46. The molecular formula is C19H25ClN4O3S. The molecule has 0 saturated carbocycles. The monoisotopic (exact) mass is 424 g/mol. The van der Waals surface area contributed by atoms with Gasteiger partial charge in [0, 0.05) is 42.8 Å². The summed E-state index contributed by atoms with van der Waals surface area (Å²) in [5.41, 5.74) is 1.20. The van der Waals surface area contributed by atoms with Crippen molar-refractivity contribution in [2.75, 3.05) is 26.2 Å². The number of hydrogen-bond donors (Lipinski definition) is 1. The number of benzene rings is 1. The Balaban J connectivity index is 1.82. The normalized spacial score (nSPS) is 19.7. The summed E-state index contributed by atoms with van der Waals surface area (Å²) >= 11 is 5.93. The molecular weight excluding hydrogens is 400 g/mol. The van der Waals surface area contributed by atoms with E-state index in [9.17, 15) is 13.2 Å². The van der Waals surface area contributed by atoms with Crippen molar-refractivity contribution in [1.82, 2.24) is 15.1 Å². The lowest BCUT2D eigenvalue weighted by atomic mass is 10.1. The van der Waals surface area contributed by atoms with Crippen molar-refractivity contribution in [2.24, 2.45) is 4.40 Å². The van der Waals surface area contributed by atoms with E-state index in [2.05, 4.69) is 9.71 Å². The van der Waals surface area contributed by atoms with Gasteiger partial charge in [-0.1, -0.05) is 23.7 Å². The van der Waals surface area contributed by atoms with E-state index >= 15 is 0 Å². The number of nitrogens with one attached hydrogen (secondary N) is 1. The lowest BCUT2D eigenvalue weighted by Gasteiger charge is -2.24. The lowest BCUT2D eigenvalue weighted by molar-refractivity contribution is 0.198. The first-order valence-corrected chi connectivity index (χ1v) is 11.1. The van der Waals surface area contributed by atoms with Crippen LogP contribution in [-0.4, -0.2) is 62.3 Å². The molecule has 0 bridgehead atoms. The summed E-state index contributed by atoms with van der Waals surface area (Å²) in [6.45, 7) is 7.94. The molecule has 0 aliphatic carbocycles. The van der Waals surface area contributed by atoms with Crippen LogP contribution in [0.15, 0.2) is 34.2 Å². The number of sulfonamides is 1. The first-order valence-electron chi connectivity index (χ1n) is 9.31. The zero-order chi connectivity index (χ0) is 20.5. The molecule has 1 fully saturated rings. The second-order valence-corrected chi connectivity index (χ2v) is 9.26. The maximum absolute atomic E-state index is 12.7. The number of halogens is 1. The van der Waals surface area contributed by atoms with Gasteiger partial charge < -0.3 is 15.1 Å². The van der Waals surface area contributed by atoms with Crippen LogP contribution >= 0.6 is 11.6 Å². The van der Waals surface area contributed by atoms with Crippen molar-refractivity contribution in [3.63, 3.8) is 0 Å². The van der Waals surface area contributed by atoms with Crippen LogP contribution in [0.4, 0.5) is 4.79 Å². The van der Waals surface area contributed by atoms with Gasteiger partial charge in [0.15, 0.2) is 0 Å². The molecule has 0 atom stereocenters. The first-order chi connectivity index (χ1) is 13.2. The van der Waals surface area contributed by atoms with Crippen LogP contribution in [0.2, 0.25) is 5.02 Å². The minimum atomic E-state index is -3.77. The molecule has 2 aliphatic rings. The van der Waals surface area contributed by atoms with Crippen molar-refractivity contribution >= 4 is 38.4 Å². The van der Waals surface area contributed by atoms with Crippen molar-refractivity contribution in [1.29, 1.82) is 0 Å². The topological polar surface area (TPSA) is 82.1 Å². The van der Waals surface area contributed by atoms with Gasteiger partial charge in [0.05, 0.1) is 0 Å². The Morgan fingerprint density at radius 1 is 1.14 bits per heavy atom. The highest BCUT2D eigenvalue weighted by molar-refractivity contribution is 8.00. The van der Waals surface area contributed by atoms with Crippen LogP contribution in [-0.2, 0) is 10.0 Å². The quantitative estimate of drug-likeness (QED) is 0.791. The van der Waals surface area contributed by atoms with E-state index in [-0.39, 0.29) is 17.0 Å². The highest BCUT2D eigenvalue weighted by atomic mass is 35.5. The Bertz CT molecular complexity index is 923. The van der Waals surface area contributed by atoms with E-state index in [1.54, 1.807) is 36.1 Å². The standard InChI is InChI=1S/C19H25ClN4O3S/c1-13(2)21-19(25)24-10-4-9-23(11-12-24)18-14(3)17(28(26,27)22-18)15-5-7-16(20)8-6-15/h5-8,13H,4,9-12H2,1-3H3,(H,21,25). The van der Waals surface area contributed by atoms with E-state index in [0.717, 1.165) is 6.42 Å². The summed E-state index contributed by atoms with van der Waals surface area (Å²) in [6, 6.07) is 6.70. The van der Waals surface area contributed by atoms with Crippen LogP contribution < -0.4 is 5.32 Å². The summed E-state index contributed by atoms with van der Waals surface area (Å²) in [7, 11) is -3.77. The van der Waals surface area contributed by atoms with E-state index < -0.39 is 10.0 Å². The number of carbonyl (C=O) groups excluding carboxylic acids is 1. The molecule has 0 radical (unpaired) electrons. The molecule has 28 heavy (non-hydrogen) atoms. The van der Waals surface area contributed by atoms with Crippen LogP contribution in [0.3, 0.4) is 0 Å². The van der Waals surface area contributed by atoms with Gasteiger partial charge >= 0.3 is 6.03 Å². The SMILES string of the molecule is CC1=C(c2ccc(Cl)cc2)S(=O)(=O)N=C1N1CCCN(C(=O)NC(C)C)CC1. The maximum Gasteiger partial charge on any atom is 0.317 e. The predicted octanol–water partition coefficient (Wildman–Crippen LogP) is 2.94. The van der Waals surface area contributed by atoms with Crippen LogP contribution in [0.5, 0.6) is 0 Å². The third-order valence-electron chi connectivity index (χ3n) is 4.74. The van der Waals surface area contributed by atoms with E-state index in [4.69, 9.17) is 11.6 Å². The van der Waals surface area contributed by atoms with Crippen LogP contribution in [0, 0.1) is 0 Å². The predicted molar refractivity (Wildman–Crippen MR) is 112 cm³/mol. The van der Waals surface area contributed by atoms with Gasteiger partial charge in [-0.15, -0.1) is 4.40 Å². The van der Waals surface area contributed by atoms with Crippen LogP contribution in [0.1, 0.15) is 32.8 Å². The summed E-state index contributed by atoms with van der Waals surface area (Å²) in [6.07, 6.45) is 0.744. The van der Waals surface area contributed by atoms with Gasteiger partial charge in [-0.3, -0.25) is 0 Å². The number of carbonyl (C=O) groups is 1. The minimum absolute atomic E-state index is 0.0725. The maximum atomic E-state index is 12.7. The minimum Gasteiger partial charge on any atom is -0.354 e. The third-order valence-corrected chi connectivity index (χ3v) is 6.46. The summed E-state index contributed by atoms with van der Waals surface area (Å²) in [4.78, 5) is 16.2. The number of hydrogen-bond acceptors (Lipinski definition) is 4. The molecule has 1 saturated heterocycles. The molecule has 2 heterocycles. The molecule has 2 aliphatic heterocycles. The third kappa shape index (κ3) is 4.33. The number of rotatable bonds is 2. The Labute approximate surface area is 171 Å². The zero-order valence-electron chi connectivity index (χ0n) is 16.3.